The lowest BCUT2D eigenvalue weighted by molar-refractivity contribution is -0.141. The number of halogens is 3. The van der Waals surface area contributed by atoms with Crippen molar-refractivity contribution in [1.82, 2.24) is 0 Å². The van der Waals surface area contributed by atoms with E-state index in [0.29, 0.717) is 6.29 Å². The predicted molar refractivity (Wildman–Crippen MR) is 51.4 cm³/mol. The second-order valence-corrected chi connectivity index (χ2v) is 3.04. The van der Waals surface area contributed by atoms with Crippen LogP contribution in [0.2, 0.25) is 0 Å². The van der Waals surface area contributed by atoms with E-state index in [9.17, 15) is 22.8 Å². The van der Waals surface area contributed by atoms with Crippen LogP contribution in [0.1, 0.15) is 10.4 Å². The van der Waals surface area contributed by atoms with Gasteiger partial charge in [0.1, 0.15) is 6.29 Å². The molecule has 1 aromatic carbocycles. The van der Waals surface area contributed by atoms with E-state index < -0.39 is 18.5 Å². The molecule has 0 aliphatic heterocycles. The van der Waals surface area contributed by atoms with Crippen molar-refractivity contribution in [2.45, 2.75) is 5.92 Å². The van der Waals surface area contributed by atoms with Crippen LogP contribution < -0.4 is 5.32 Å². The quantitative estimate of drug-likeness (QED) is 0.806. The molecule has 1 aromatic rings. The zero-order chi connectivity index (χ0) is 12.2. The highest BCUT2D eigenvalue weighted by molar-refractivity contribution is 5.96. The Morgan fingerprint density at radius 3 is 2.69 bits per heavy atom. The summed E-state index contributed by atoms with van der Waals surface area (Å²) in [6, 6.07) is 5.38. The molecule has 0 heterocycles. The van der Waals surface area contributed by atoms with Gasteiger partial charge in [0, 0.05) is 11.3 Å². The highest BCUT2D eigenvalue weighted by Gasteiger charge is 2.38. The predicted octanol–water partition coefficient (Wildman–Crippen LogP) is 2.04. The Kier molecular flexibility index (Phi) is 3.65. The van der Waals surface area contributed by atoms with Gasteiger partial charge < -0.3 is 5.32 Å². The average molecular weight is 231 g/mol. The number of nitrogens with one attached hydrogen (secondary N) is 1. The van der Waals surface area contributed by atoms with Crippen molar-refractivity contribution in [2.75, 3.05) is 12.0 Å². The first-order valence-electron chi connectivity index (χ1n) is 4.30. The number of aldehydes is 1. The number of rotatable bonds is 4. The van der Waals surface area contributed by atoms with Crippen molar-refractivity contribution in [3.8, 4) is 0 Å². The van der Waals surface area contributed by atoms with Gasteiger partial charge in [-0.05, 0) is 12.1 Å². The van der Waals surface area contributed by atoms with E-state index in [1.54, 1.807) is 0 Å². The van der Waals surface area contributed by atoms with Crippen molar-refractivity contribution in [3.63, 3.8) is 0 Å². The molecule has 0 radical (unpaired) electrons. The summed E-state index contributed by atoms with van der Waals surface area (Å²) in [5.74, 6) is -5.80. The summed E-state index contributed by atoms with van der Waals surface area (Å²) in [5.41, 5.74) is 0.240. The Bertz CT molecular complexity index is 407. The molecule has 1 amide bonds. The Hall–Kier alpha value is -1.85. The van der Waals surface area contributed by atoms with Gasteiger partial charge >= 0.3 is 5.92 Å². The molecule has 0 spiro atoms. The zero-order valence-corrected chi connectivity index (χ0v) is 8.04. The molecule has 0 atom stereocenters. The maximum atomic E-state index is 12.6. The smallest absolute Gasteiger partial charge is 0.321 e. The van der Waals surface area contributed by atoms with Crippen molar-refractivity contribution >= 4 is 17.9 Å². The van der Waals surface area contributed by atoms with Crippen LogP contribution in [-0.2, 0) is 4.79 Å². The van der Waals surface area contributed by atoms with E-state index in [2.05, 4.69) is 0 Å². The number of carbonyl (C=O) groups is 2. The second kappa shape index (κ2) is 4.78. The lowest BCUT2D eigenvalue weighted by Gasteiger charge is -2.12. The van der Waals surface area contributed by atoms with E-state index >= 15 is 0 Å². The molecule has 0 bridgehead atoms. The Labute approximate surface area is 89.3 Å². The minimum absolute atomic E-state index is 0.0164. The maximum Gasteiger partial charge on any atom is 0.352 e. The van der Waals surface area contributed by atoms with Crippen molar-refractivity contribution in [1.29, 1.82) is 0 Å². The largest absolute Gasteiger partial charge is 0.352 e. The summed E-state index contributed by atoms with van der Waals surface area (Å²) in [4.78, 5) is 21.3. The van der Waals surface area contributed by atoms with Gasteiger partial charge in [0.15, 0.2) is 6.67 Å². The average Bonchev–Trinajstić information content (AvgIpc) is 2.29. The lowest BCUT2D eigenvalue weighted by Crippen LogP contribution is -2.36. The number of hydrogen-bond acceptors (Lipinski definition) is 2. The number of amides is 1. The van der Waals surface area contributed by atoms with Crippen LogP contribution in [0.4, 0.5) is 18.9 Å². The zero-order valence-electron chi connectivity index (χ0n) is 8.04. The first kappa shape index (κ1) is 12.2. The molecule has 0 aliphatic carbocycles. The summed E-state index contributed by atoms with van der Waals surface area (Å²) in [6.45, 7) is -2.06. The van der Waals surface area contributed by atoms with Crippen LogP contribution in [0.5, 0.6) is 0 Å². The third-order valence-electron chi connectivity index (χ3n) is 1.78. The molecule has 86 valence electrons. The van der Waals surface area contributed by atoms with Crippen LogP contribution in [0.15, 0.2) is 24.3 Å². The van der Waals surface area contributed by atoms with Gasteiger partial charge in [0.25, 0.3) is 5.91 Å². The van der Waals surface area contributed by atoms with E-state index in [-0.39, 0.29) is 11.3 Å². The standard InChI is InChI=1S/C10H8F3NO2/c11-6-10(12,13)9(16)14-8-3-1-2-7(4-8)5-15/h1-5H,6H2,(H,14,16). The molecule has 1 rings (SSSR count). The summed E-state index contributed by atoms with van der Waals surface area (Å²) in [7, 11) is 0. The van der Waals surface area contributed by atoms with Crippen LogP contribution >= 0.6 is 0 Å². The van der Waals surface area contributed by atoms with Gasteiger partial charge in [0.2, 0.25) is 0 Å². The van der Waals surface area contributed by atoms with Gasteiger partial charge in [-0.3, -0.25) is 9.59 Å². The SMILES string of the molecule is O=Cc1cccc(NC(=O)C(F)(F)CF)c1. The minimum atomic E-state index is -4.06. The maximum absolute atomic E-state index is 12.6. The summed E-state index contributed by atoms with van der Waals surface area (Å²) >= 11 is 0. The van der Waals surface area contributed by atoms with Gasteiger partial charge in [-0.1, -0.05) is 12.1 Å². The number of carbonyl (C=O) groups excluding carboxylic acids is 2. The second-order valence-electron chi connectivity index (χ2n) is 3.04. The molecule has 16 heavy (non-hydrogen) atoms. The van der Waals surface area contributed by atoms with Crippen LogP contribution in [0.25, 0.3) is 0 Å². The molecule has 0 aromatic heterocycles. The molecular formula is C10H8F3NO2. The van der Waals surface area contributed by atoms with Crippen LogP contribution in [-0.4, -0.2) is 24.8 Å². The Morgan fingerprint density at radius 1 is 1.44 bits per heavy atom. The molecule has 0 aliphatic rings. The third kappa shape index (κ3) is 2.82. The van der Waals surface area contributed by atoms with Crippen LogP contribution in [0.3, 0.4) is 0 Å². The fourth-order valence-electron chi connectivity index (χ4n) is 0.973. The Morgan fingerprint density at radius 2 is 2.12 bits per heavy atom. The first-order chi connectivity index (χ1) is 7.49. The topological polar surface area (TPSA) is 46.2 Å². The Balaban J connectivity index is 2.81. The first-order valence-corrected chi connectivity index (χ1v) is 4.30. The summed E-state index contributed by atoms with van der Waals surface area (Å²) < 4.78 is 36.9. The van der Waals surface area contributed by atoms with Gasteiger partial charge in [-0.25, -0.2) is 4.39 Å². The molecule has 0 unspecified atom stereocenters. The summed E-state index contributed by atoms with van der Waals surface area (Å²) in [5, 5.41) is 1.82. The van der Waals surface area contributed by atoms with Crippen molar-refractivity contribution in [3.05, 3.63) is 29.8 Å². The van der Waals surface area contributed by atoms with E-state index in [1.165, 1.54) is 24.3 Å². The summed E-state index contributed by atoms with van der Waals surface area (Å²) in [6.07, 6.45) is 0.503. The minimum Gasteiger partial charge on any atom is -0.321 e. The third-order valence-corrected chi connectivity index (χ3v) is 1.78. The van der Waals surface area contributed by atoms with E-state index in [1.807, 2.05) is 5.32 Å². The highest BCUT2D eigenvalue weighted by atomic mass is 19.3. The van der Waals surface area contributed by atoms with E-state index in [0.717, 1.165) is 0 Å². The molecule has 1 N–H and O–H groups in total. The van der Waals surface area contributed by atoms with Crippen LogP contribution in [0, 0.1) is 0 Å². The van der Waals surface area contributed by atoms with Gasteiger partial charge in [-0.15, -0.1) is 0 Å². The van der Waals surface area contributed by atoms with Gasteiger partial charge in [-0.2, -0.15) is 8.78 Å². The number of alkyl halides is 3. The number of hydrogen-bond donors (Lipinski definition) is 1. The molecule has 3 nitrogen and oxygen atoms in total. The normalized spacial score (nSPS) is 10.9. The molecule has 6 heteroatoms. The monoisotopic (exact) mass is 231 g/mol. The molecule has 0 saturated carbocycles. The van der Waals surface area contributed by atoms with E-state index in [4.69, 9.17) is 0 Å². The highest BCUT2D eigenvalue weighted by Crippen LogP contribution is 2.18. The lowest BCUT2D eigenvalue weighted by atomic mass is 10.2. The fraction of sp³-hybridized carbons (Fsp3) is 0.200. The fourth-order valence-corrected chi connectivity index (χ4v) is 0.973. The van der Waals surface area contributed by atoms with Crippen molar-refractivity contribution in [2.24, 2.45) is 0 Å². The molecular weight excluding hydrogens is 223 g/mol. The van der Waals surface area contributed by atoms with Gasteiger partial charge in [0.05, 0.1) is 0 Å². The number of anilines is 1. The number of benzene rings is 1. The molecule has 0 saturated heterocycles. The van der Waals surface area contributed by atoms with Crippen molar-refractivity contribution < 1.29 is 22.8 Å². The molecule has 0 fully saturated rings.